The highest BCUT2D eigenvalue weighted by molar-refractivity contribution is 6.18. The van der Waals surface area contributed by atoms with Gasteiger partial charge in [-0.15, -0.1) is 0 Å². The fraction of sp³-hybridized carbons (Fsp3) is 0.0400. The van der Waals surface area contributed by atoms with Crippen LogP contribution in [0.5, 0.6) is 0 Å². The highest BCUT2D eigenvalue weighted by Gasteiger charge is 2.20. The van der Waals surface area contributed by atoms with Gasteiger partial charge in [-0.3, -0.25) is 9.59 Å². The number of para-hydroxylation sites is 2. The second kappa shape index (κ2) is 11.2. The first-order chi connectivity index (χ1) is 26.5. The van der Waals surface area contributed by atoms with Gasteiger partial charge >= 0.3 is 0 Å². The summed E-state index contributed by atoms with van der Waals surface area (Å²) < 4.78 is 4.21. The van der Waals surface area contributed by atoms with Crippen molar-refractivity contribution in [1.29, 1.82) is 0 Å². The summed E-state index contributed by atoms with van der Waals surface area (Å²) >= 11 is 0. The van der Waals surface area contributed by atoms with Crippen LogP contribution in [0.1, 0.15) is 0 Å². The highest BCUT2D eigenvalue weighted by Crippen LogP contribution is 2.40. The second-order valence-electron chi connectivity index (χ2n) is 14.4. The summed E-state index contributed by atoms with van der Waals surface area (Å²) in [6, 6.07) is 54.2. The Labute approximate surface area is 309 Å². The Balaban J connectivity index is 1.22. The third-order valence-electron chi connectivity index (χ3n) is 11.7. The number of benzene rings is 9. The summed E-state index contributed by atoms with van der Waals surface area (Å²) in [5.74, 6) is 0. The Hall–Kier alpha value is -7.04. The average Bonchev–Trinajstić information content (AvgIpc) is 3.23. The molecule has 4 nitrogen and oxygen atoms in total. The third kappa shape index (κ3) is 4.13. The van der Waals surface area contributed by atoms with E-state index < -0.39 is 0 Å². The SMILES string of the molecule is Cn1c2cc3c(=O)c4cccc(-c5cc6ccccc6c6ccccc56)c4n(C)c3cc2c(=O)c2cccc(-c3cc4ccccc4c4ccccc34)c21. The van der Waals surface area contributed by atoms with Crippen molar-refractivity contribution in [3.8, 4) is 22.3 Å². The van der Waals surface area contributed by atoms with Gasteiger partial charge in [0.15, 0.2) is 10.9 Å². The predicted molar refractivity (Wildman–Crippen MR) is 228 cm³/mol. The molecular formula is C50H32N2O2. The molecule has 54 heavy (non-hydrogen) atoms. The van der Waals surface area contributed by atoms with Crippen LogP contribution >= 0.6 is 0 Å². The summed E-state index contributed by atoms with van der Waals surface area (Å²) in [6.07, 6.45) is 0. The van der Waals surface area contributed by atoms with Crippen molar-refractivity contribution in [2.75, 3.05) is 0 Å². The van der Waals surface area contributed by atoms with E-state index in [1.54, 1.807) is 0 Å². The van der Waals surface area contributed by atoms with Crippen molar-refractivity contribution in [3.05, 3.63) is 178 Å². The average molecular weight is 693 g/mol. The molecule has 11 rings (SSSR count). The molecule has 9 aromatic carbocycles. The number of fused-ring (bicyclic) bond motifs is 10. The van der Waals surface area contributed by atoms with Crippen LogP contribution in [-0.2, 0) is 14.1 Å². The Morgan fingerprint density at radius 3 is 1.09 bits per heavy atom. The minimum absolute atomic E-state index is 0.0479. The maximum atomic E-state index is 14.7. The van der Waals surface area contributed by atoms with Crippen LogP contribution in [0.15, 0.2) is 167 Å². The first kappa shape index (κ1) is 30.6. The van der Waals surface area contributed by atoms with Gasteiger partial charge < -0.3 is 9.13 Å². The summed E-state index contributed by atoms with van der Waals surface area (Å²) in [4.78, 5) is 29.3. The lowest BCUT2D eigenvalue weighted by Crippen LogP contribution is -2.14. The van der Waals surface area contributed by atoms with Crippen LogP contribution in [-0.4, -0.2) is 9.13 Å². The van der Waals surface area contributed by atoms with Crippen molar-refractivity contribution in [1.82, 2.24) is 9.13 Å². The van der Waals surface area contributed by atoms with E-state index in [9.17, 15) is 9.59 Å². The zero-order valence-electron chi connectivity index (χ0n) is 29.7. The van der Waals surface area contributed by atoms with E-state index in [-0.39, 0.29) is 10.9 Å². The van der Waals surface area contributed by atoms with Gasteiger partial charge in [-0.1, -0.05) is 121 Å². The number of hydrogen-bond donors (Lipinski definition) is 0. The summed E-state index contributed by atoms with van der Waals surface area (Å²) in [5.41, 5.74) is 7.15. The van der Waals surface area contributed by atoms with Gasteiger partial charge in [-0.25, -0.2) is 0 Å². The van der Waals surface area contributed by atoms with Crippen LogP contribution in [0.2, 0.25) is 0 Å². The summed E-state index contributed by atoms with van der Waals surface area (Å²) in [7, 11) is 4.02. The molecular weight excluding hydrogens is 661 g/mol. The number of aromatic nitrogens is 2. The molecule has 0 radical (unpaired) electrons. The topological polar surface area (TPSA) is 44.0 Å². The van der Waals surface area contributed by atoms with Gasteiger partial charge in [0.1, 0.15) is 0 Å². The molecule has 0 saturated heterocycles. The molecule has 0 atom stereocenters. The minimum Gasteiger partial charge on any atom is -0.343 e. The molecule has 0 bridgehead atoms. The monoisotopic (exact) mass is 692 g/mol. The molecule has 0 aliphatic rings. The van der Waals surface area contributed by atoms with E-state index in [0.29, 0.717) is 21.5 Å². The van der Waals surface area contributed by atoms with Crippen molar-refractivity contribution in [2.24, 2.45) is 14.1 Å². The van der Waals surface area contributed by atoms with Crippen molar-refractivity contribution < 1.29 is 0 Å². The zero-order valence-corrected chi connectivity index (χ0v) is 29.7. The quantitative estimate of drug-likeness (QED) is 0.134. The van der Waals surface area contributed by atoms with E-state index in [2.05, 4.69) is 130 Å². The third-order valence-corrected chi connectivity index (χ3v) is 11.7. The molecule has 2 heterocycles. The summed E-state index contributed by atoms with van der Waals surface area (Å²) in [5, 5.41) is 11.7. The largest absolute Gasteiger partial charge is 0.343 e. The first-order valence-electron chi connectivity index (χ1n) is 18.3. The number of pyridine rings is 2. The van der Waals surface area contributed by atoms with Crippen molar-refractivity contribution in [2.45, 2.75) is 0 Å². The Kier molecular flexibility index (Phi) is 6.36. The molecule has 0 spiro atoms. The lowest BCUT2D eigenvalue weighted by molar-refractivity contribution is 0.995. The molecule has 0 aliphatic carbocycles. The zero-order chi connectivity index (χ0) is 36.2. The molecule has 11 aromatic rings. The summed E-state index contributed by atoms with van der Waals surface area (Å²) in [6.45, 7) is 0. The standard InChI is InChI=1S/C50H32N2O2/c1-51-45-27-44-46(52(2)48-38(22-12-24-40(48)50(44)54)42-26-30-14-4-6-16-32(30)34-18-8-10-20-36(34)42)28-43(45)49(53)39-23-11-21-37(47(39)51)41-25-29-13-3-5-15-31(29)33-17-7-9-19-35(33)41/h3-28H,1-2H3. The lowest BCUT2D eigenvalue weighted by atomic mass is 9.91. The van der Waals surface area contributed by atoms with E-state index >= 15 is 0 Å². The normalized spacial score (nSPS) is 12.0. The molecule has 0 unspecified atom stereocenters. The predicted octanol–water partition coefficient (Wildman–Crippen LogP) is 11.6. The molecule has 0 amide bonds. The minimum atomic E-state index is -0.0479. The van der Waals surface area contributed by atoms with E-state index in [1.807, 2.05) is 50.5 Å². The number of aryl methyl sites for hydroxylation is 2. The van der Waals surface area contributed by atoms with Gasteiger partial charge in [0.25, 0.3) is 0 Å². The number of hydrogen-bond acceptors (Lipinski definition) is 2. The van der Waals surface area contributed by atoms with E-state index in [0.717, 1.165) is 65.9 Å². The van der Waals surface area contributed by atoms with E-state index in [1.165, 1.54) is 21.5 Å². The molecule has 0 N–H and O–H groups in total. The molecule has 2 aromatic heterocycles. The fourth-order valence-electron chi connectivity index (χ4n) is 9.19. The fourth-order valence-corrected chi connectivity index (χ4v) is 9.19. The van der Waals surface area contributed by atoms with Gasteiger partial charge in [0.2, 0.25) is 0 Å². The molecule has 0 fully saturated rings. The number of nitrogens with zero attached hydrogens (tertiary/aromatic N) is 2. The second-order valence-corrected chi connectivity index (χ2v) is 14.4. The van der Waals surface area contributed by atoms with Crippen LogP contribution < -0.4 is 10.9 Å². The van der Waals surface area contributed by atoms with Crippen molar-refractivity contribution in [3.63, 3.8) is 0 Å². The maximum Gasteiger partial charge on any atom is 0.197 e. The smallest absolute Gasteiger partial charge is 0.197 e. The Bertz CT molecular complexity index is 3330. The molecule has 0 saturated carbocycles. The lowest BCUT2D eigenvalue weighted by Gasteiger charge is -2.19. The Morgan fingerprint density at radius 1 is 0.315 bits per heavy atom. The van der Waals surface area contributed by atoms with Crippen LogP contribution in [0, 0.1) is 0 Å². The van der Waals surface area contributed by atoms with Gasteiger partial charge in [0.05, 0.1) is 22.1 Å². The van der Waals surface area contributed by atoms with E-state index in [4.69, 9.17) is 0 Å². The Morgan fingerprint density at radius 2 is 0.667 bits per heavy atom. The van der Waals surface area contributed by atoms with Gasteiger partial charge in [-0.05, 0) is 90.6 Å². The molecule has 0 aliphatic heterocycles. The molecule has 254 valence electrons. The van der Waals surface area contributed by atoms with Gasteiger partial charge in [-0.2, -0.15) is 0 Å². The molecule has 4 heteroatoms. The van der Waals surface area contributed by atoms with Crippen LogP contribution in [0.25, 0.3) is 109 Å². The van der Waals surface area contributed by atoms with Crippen molar-refractivity contribution >= 4 is 86.7 Å². The van der Waals surface area contributed by atoms with Gasteiger partial charge in [0, 0.05) is 46.8 Å². The first-order valence-corrected chi connectivity index (χ1v) is 18.3. The highest BCUT2D eigenvalue weighted by atomic mass is 16.1. The number of rotatable bonds is 2. The van der Waals surface area contributed by atoms with Crippen LogP contribution in [0.3, 0.4) is 0 Å². The van der Waals surface area contributed by atoms with Crippen LogP contribution in [0.4, 0.5) is 0 Å². The maximum absolute atomic E-state index is 14.7.